The molecule has 2 aromatic heterocycles. The summed E-state index contributed by atoms with van der Waals surface area (Å²) in [5.74, 6) is 1.19. The molecule has 0 fully saturated rings. The van der Waals surface area contributed by atoms with Crippen LogP contribution < -0.4 is 10.5 Å². The van der Waals surface area contributed by atoms with Crippen LogP contribution in [0.4, 0.5) is 5.82 Å². The Morgan fingerprint density at radius 2 is 2.32 bits per heavy atom. The number of nitrogen functional groups attached to an aromatic ring is 1. The zero-order valence-electron chi connectivity index (χ0n) is 9.91. The Morgan fingerprint density at radius 3 is 3.05 bits per heavy atom. The molecule has 0 aliphatic heterocycles. The van der Waals surface area contributed by atoms with Gasteiger partial charge in [-0.2, -0.15) is 0 Å². The fourth-order valence-electron chi connectivity index (χ4n) is 1.65. The van der Waals surface area contributed by atoms with Crippen LogP contribution in [0.5, 0.6) is 5.75 Å². The van der Waals surface area contributed by atoms with Gasteiger partial charge in [-0.15, -0.1) is 16.4 Å². The number of rotatable bonds is 4. The van der Waals surface area contributed by atoms with Crippen LogP contribution in [0.3, 0.4) is 0 Å². The smallest absolute Gasteiger partial charge is 0.147 e. The van der Waals surface area contributed by atoms with Crippen molar-refractivity contribution < 1.29 is 4.74 Å². The maximum atomic E-state index is 5.74. The molecule has 0 spiro atoms. The molecule has 96 valence electrons. The van der Waals surface area contributed by atoms with Crippen molar-refractivity contribution >= 4 is 17.2 Å². The molecule has 3 rings (SSSR count). The normalized spacial score (nSPS) is 10.5. The van der Waals surface area contributed by atoms with E-state index in [0.29, 0.717) is 18.1 Å². The first-order valence-electron chi connectivity index (χ1n) is 5.61. The SMILES string of the molecule is Nc1[nH]nnc1-c1cccc(OCc2nccs2)c1. The number of nitrogens with zero attached hydrogens (tertiary/aromatic N) is 3. The Hall–Kier alpha value is -2.41. The predicted molar refractivity (Wildman–Crippen MR) is 72.7 cm³/mol. The Bertz CT molecular complexity index is 664. The molecule has 0 aliphatic rings. The highest BCUT2D eigenvalue weighted by Gasteiger charge is 2.07. The fourth-order valence-corrected chi connectivity index (χ4v) is 2.18. The van der Waals surface area contributed by atoms with Crippen molar-refractivity contribution in [3.8, 4) is 17.0 Å². The molecule has 0 amide bonds. The Balaban J connectivity index is 1.78. The Labute approximate surface area is 113 Å². The average Bonchev–Trinajstić information content (AvgIpc) is 3.08. The van der Waals surface area contributed by atoms with Crippen LogP contribution in [0.25, 0.3) is 11.3 Å². The van der Waals surface area contributed by atoms with Crippen LogP contribution in [-0.4, -0.2) is 20.4 Å². The maximum absolute atomic E-state index is 5.74. The molecule has 7 heteroatoms. The summed E-state index contributed by atoms with van der Waals surface area (Å²) in [7, 11) is 0. The molecule has 0 saturated carbocycles. The van der Waals surface area contributed by atoms with E-state index in [1.54, 1.807) is 17.5 Å². The lowest BCUT2D eigenvalue weighted by molar-refractivity contribution is 0.305. The van der Waals surface area contributed by atoms with Gasteiger partial charge < -0.3 is 10.5 Å². The number of ether oxygens (including phenoxy) is 1. The molecule has 0 unspecified atom stereocenters. The van der Waals surface area contributed by atoms with E-state index in [1.165, 1.54) is 0 Å². The van der Waals surface area contributed by atoms with Gasteiger partial charge in [0.2, 0.25) is 0 Å². The van der Waals surface area contributed by atoms with Gasteiger partial charge in [0.15, 0.2) is 0 Å². The lowest BCUT2D eigenvalue weighted by Gasteiger charge is -2.05. The van der Waals surface area contributed by atoms with Gasteiger partial charge in [-0.05, 0) is 12.1 Å². The largest absolute Gasteiger partial charge is 0.486 e. The summed E-state index contributed by atoms with van der Waals surface area (Å²) in [6.45, 7) is 0.454. The van der Waals surface area contributed by atoms with Crippen molar-refractivity contribution in [1.82, 2.24) is 20.4 Å². The summed E-state index contributed by atoms with van der Waals surface area (Å²) in [6.07, 6.45) is 1.76. The third kappa shape index (κ3) is 2.55. The highest BCUT2D eigenvalue weighted by Crippen LogP contribution is 2.25. The van der Waals surface area contributed by atoms with Crippen molar-refractivity contribution in [3.05, 3.63) is 40.8 Å². The van der Waals surface area contributed by atoms with Crippen molar-refractivity contribution in [2.75, 3.05) is 5.73 Å². The van der Waals surface area contributed by atoms with Gasteiger partial charge in [-0.25, -0.2) is 10.1 Å². The number of hydrogen-bond acceptors (Lipinski definition) is 6. The summed E-state index contributed by atoms with van der Waals surface area (Å²) >= 11 is 1.56. The molecule has 6 nitrogen and oxygen atoms in total. The maximum Gasteiger partial charge on any atom is 0.147 e. The van der Waals surface area contributed by atoms with Crippen LogP contribution in [0.2, 0.25) is 0 Å². The molecule has 0 radical (unpaired) electrons. The molecule has 3 aromatic rings. The number of nitrogens with one attached hydrogen (secondary N) is 1. The van der Waals surface area contributed by atoms with E-state index >= 15 is 0 Å². The van der Waals surface area contributed by atoms with E-state index in [9.17, 15) is 0 Å². The predicted octanol–water partition coefficient (Wildman–Crippen LogP) is 2.09. The second-order valence-electron chi connectivity index (χ2n) is 3.82. The highest BCUT2D eigenvalue weighted by molar-refractivity contribution is 7.09. The number of aromatic nitrogens is 4. The van der Waals surface area contributed by atoms with E-state index < -0.39 is 0 Å². The first kappa shape index (κ1) is 11.7. The number of hydrogen-bond donors (Lipinski definition) is 2. The lowest BCUT2D eigenvalue weighted by Crippen LogP contribution is -1.95. The van der Waals surface area contributed by atoms with Crippen molar-refractivity contribution in [2.45, 2.75) is 6.61 Å². The summed E-state index contributed by atoms with van der Waals surface area (Å²) in [5, 5.41) is 13.1. The van der Waals surface area contributed by atoms with E-state index in [4.69, 9.17) is 10.5 Å². The molecule has 1 aromatic carbocycles. The van der Waals surface area contributed by atoms with E-state index in [2.05, 4.69) is 20.4 Å². The van der Waals surface area contributed by atoms with Gasteiger partial charge in [-0.1, -0.05) is 17.3 Å². The van der Waals surface area contributed by atoms with Crippen molar-refractivity contribution in [1.29, 1.82) is 0 Å². The third-order valence-electron chi connectivity index (χ3n) is 2.53. The van der Waals surface area contributed by atoms with Gasteiger partial charge in [-0.3, -0.25) is 0 Å². The van der Waals surface area contributed by atoms with Gasteiger partial charge in [0.05, 0.1) is 0 Å². The molecular weight excluding hydrogens is 262 g/mol. The average molecular weight is 273 g/mol. The van der Waals surface area contributed by atoms with Crippen molar-refractivity contribution in [2.24, 2.45) is 0 Å². The zero-order chi connectivity index (χ0) is 13.1. The van der Waals surface area contributed by atoms with E-state index in [0.717, 1.165) is 16.3 Å². The first-order valence-corrected chi connectivity index (χ1v) is 6.49. The monoisotopic (exact) mass is 273 g/mol. The minimum absolute atomic E-state index is 0.442. The van der Waals surface area contributed by atoms with Crippen LogP contribution in [-0.2, 0) is 6.61 Å². The standard InChI is InChI=1S/C12H11N5OS/c13-12-11(15-17-16-12)8-2-1-3-9(6-8)18-7-10-14-4-5-19-10/h1-6H,7H2,(H3,13,15,16,17). The Morgan fingerprint density at radius 1 is 1.37 bits per heavy atom. The minimum Gasteiger partial charge on any atom is -0.486 e. The molecule has 19 heavy (non-hydrogen) atoms. The molecule has 2 heterocycles. The second kappa shape index (κ2) is 5.07. The quantitative estimate of drug-likeness (QED) is 0.759. The Kier molecular flexibility index (Phi) is 3.11. The van der Waals surface area contributed by atoms with Crippen LogP contribution in [0, 0.1) is 0 Å². The topological polar surface area (TPSA) is 89.7 Å². The number of H-pyrrole nitrogens is 1. The van der Waals surface area contributed by atoms with Gasteiger partial charge in [0.25, 0.3) is 0 Å². The van der Waals surface area contributed by atoms with Gasteiger partial charge in [0.1, 0.15) is 28.9 Å². The molecule has 0 aliphatic carbocycles. The number of nitrogens with two attached hydrogens (primary N) is 1. The molecule has 0 bridgehead atoms. The minimum atomic E-state index is 0.442. The molecular formula is C12H11N5OS. The van der Waals surface area contributed by atoms with E-state index in [1.807, 2.05) is 29.6 Å². The van der Waals surface area contributed by atoms with Crippen LogP contribution in [0.1, 0.15) is 5.01 Å². The van der Waals surface area contributed by atoms with Gasteiger partial charge >= 0.3 is 0 Å². The number of anilines is 1. The van der Waals surface area contributed by atoms with Gasteiger partial charge in [0, 0.05) is 17.1 Å². The number of thiazole rings is 1. The highest BCUT2D eigenvalue weighted by atomic mass is 32.1. The third-order valence-corrected chi connectivity index (χ3v) is 3.28. The van der Waals surface area contributed by atoms with Crippen LogP contribution >= 0.6 is 11.3 Å². The number of benzene rings is 1. The summed E-state index contributed by atoms with van der Waals surface area (Å²) in [5.41, 5.74) is 7.23. The molecule has 0 atom stereocenters. The summed E-state index contributed by atoms with van der Waals surface area (Å²) < 4.78 is 5.68. The zero-order valence-corrected chi connectivity index (χ0v) is 10.7. The number of aromatic amines is 1. The van der Waals surface area contributed by atoms with Crippen LogP contribution in [0.15, 0.2) is 35.8 Å². The lowest BCUT2D eigenvalue weighted by atomic mass is 10.1. The van der Waals surface area contributed by atoms with E-state index in [-0.39, 0.29) is 0 Å². The second-order valence-corrected chi connectivity index (χ2v) is 4.80. The summed E-state index contributed by atoms with van der Waals surface area (Å²) in [6, 6.07) is 7.56. The summed E-state index contributed by atoms with van der Waals surface area (Å²) in [4.78, 5) is 4.16. The molecule has 3 N–H and O–H groups in total. The first-order chi connectivity index (χ1) is 9.33. The fraction of sp³-hybridized carbons (Fsp3) is 0.0833. The molecule has 0 saturated heterocycles. The van der Waals surface area contributed by atoms with Crippen molar-refractivity contribution in [3.63, 3.8) is 0 Å².